The molecule has 1 amide bonds. The molecule has 2 aliphatic heterocycles. The number of benzene rings is 1. The highest BCUT2D eigenvalue weighted by Crippen LogP contribution is 2.34. The van der Waals surface area contributed by atoms with Gasteiger partial charge in [0.05, 0.1) is 25.4 Å². The standard InChI is InChI=1S/C19H21N3O4/c1-24-10-14-9-22(15(11-25-14)13-5-3-2-4-6-13)17-8-7-16-19(20-17)21-18(23)12-26-16/h2-8,14-15H,9-12H2,1H3,(H,20,21,23)/t14-,15-/m0/s1. The number of amides is 1. The van der Waals surface area contributed by atoms with Crippen LogP contribution >= 0.6 is 0 Å². The van der Waals surface area contributed by atoms with Gasteiger partial charge in [0.1, 0.15) is 5.82 Å². The molecule has 1 aromatic carbocycles. The molecule has 1 aromatic heterocycles. The number of carbonyl (C=O) groups is 1. The number of fused-ring (bicyclic) bond motifs is 1. The number of nitrogens with zero attached hydrogens (tertiary/aromatic N) is 2. The van der Waals surface area contributed by atoms with Gasteiger partial charge in [0.25, 0.3) is 5.91 Å². The highest BCUT2D eigenvalue weighted by molar-refractivity contribution is 5.94. The summed E-state index contributed by atoms with van der Waals surface area (Å²) in [5.41, 5.74) is 1.16. The topological polar surface area (TPSA) is 72.9 Å². The molecule has 0 spiro atoms. The maximum absolute atomic E-state index is 11.6. The molecule has 7 heteroatoms. The first-order valence-corrected chi connectivity index (χ1v) is 8.60. The molecule has 0 radical (unpaired) electrons. The maximum atomic E-state index is 11.6. The number of rotatable bonds is 4. The number of hydrogen-bond acceptors (Lipinski definition) is 6. The van der Waals surface area contributed by atoms with Gasteiger partial charge < -0.3 is 24.4 Å². The van der Waals surface area contributed by atoms with E-state index >= 15 is 0 Å². The quantitative estimate of drug-likeness (QED) is 0.904. The summed E-state index contributed by atoms with van der Waals surface area (Å²) in [7, 11) is 1.67. The van der Waals surface area contributed by atoms with Gasteiger partial charge in [-0.15, -0.1) is 0 Å². The Morgan fingerprint density at radius 1 is 1.27 bits per heavy atom. The number of methoxy groups -OCH3 is 1. The van der Waals surface area contributed by atoms with E-state index in [1.165, 1.54) is 0 Å². The van der Waals surface area contributed by atoms with Crippen molar-refractivity contribution in [2.24, 2.45) is 0 Å². The van der Waals surface area contributed by atoms with Gasteiger partial charge in [0, 0.05) is 13.7 Å². The Hall–Kier alpha value is -2.64. The lowest BCUT2D eigenvalue weighted by Crippen LogP contribution is -2.47. The monoisotopic (exact) mass is 355 g/mol. The van der Waals surface area contributed by atoms with Crippen LogP contribution in [0.2, 0.25) is 0 Å². The number of pyridine rings is 1. The second-order valence-electron chi connectivity index (χ2n) is 6.34. The molecule has 2 aromatic rings. The van der Waals surface area contributed by atoms with Crippen molar-refractivity contribution >= 4 is 17.5 Å². The van der Waals surface area contributed by atoms with E-state index in [0.717, 1.165) is 11.4 Å². The molecule has 7 nitrogen and oxygen atoms in total. The molecule has 4 rings (SSSR count). The summed E-state index contributed by atoms with van der Waals surface area (Å²) < 4.78 is 16.7. The van der Waals surface area contributed by atoms with Gasteiger partial charge in [-0.1, -0.05) is 30.3 Å². The molecule has 2 aliphatic rings. The fourth-order valence-electron chi connectivity index (χ4n) is 3.32. The predicted molar refractivity (Wildman–Crippen MR) is 96.5 cm³/mol. The zero-order valence-corrected chi connectivity index (χ0v) is 14.6. The number of morpholine rings is 1. The Kier molecular flexibility index (Phi) is 4.73. The average Bonchev–Trinajstić information content (AvgIpc) is 2.68. The van der Waals surface area contributed by atoms with Crippen LogP contribution in [0.1, 0.15) is 11.6 Å². The van der Waals surface area contributed by atoms with Gasteiger partial charge in [-0.3, -0.25) is 4.79 Å². The summed E-state index contributed by atoms with van der Waals surface area (Å²) in [6.45, 7) is 1.73. The smallest absolute Gasteiger partial charge is 0.263 e. The predicted octanol–water partition coefficient (Wildman–Crippen LogP) is 2.01. The van der Waals surface area contributed by atoms with Crippen LogP contribution in [0, 0.1) is 0 Å². The molecule has 26 heavy (non-hydrogen) atoms. The second kappa shape index (κ2) is 7.31. The average molecular weight is 355 g/mol. The Morgan fingerprint density at radius 2 is 2.12 bits per heavy atom. The van der Waals surface area contributed by atoms with Gasteiger partial charge in [-0.25, -0.2) is 4.98 Å². The van der Waals surface area contributed by atoms with Crippen molar-refractivity contribution in [1.82, 2.24) is 4.98 Å². The Labute approximate surface area is 151 Å². The fourth-order valence-corrected chi connectivity index (χ4v) is 3.32. The van der Waals surface area contributed by atoms with Gasteiger partial charge in [0.2, 0.25) is 0 Å². The van der Waals surface area contributed by atoms with Crippen molar-refractivity contribution in [2.75, 3.05) is 43.7 Å². The number of ether oxygens (including phenoxy) is 3. The maximum Gasteiger partial charge on any atom is 0.263 e. The van der Waals surface area contributed by atoms with E-state index < -0.39 is 0 Å². The molecule has 3 heterocycles. The summed E-state index contributed by atoms with van der Waals surface area (Å²) in [6.07, 6.45) is -0.0383. The molecule has 2 atom stereocenters. The zero-order chi connectivity index (χ0) is 17.9. The molecule has 1 fully saturated rings. The first kappa shape index (κ1) is 16.8. The summed E-state index contributed by atoms with van der Waals surface area (Å²) in [6, 6.07) is 14.0. The van der Waals surface area contributed by atoms with Crippen molar-refractivity contribution in [1.29, 1.82) is 0 Å². The molecule has 136 valence electrons. The van der Waals surface area contributed by atoms with E-state index in [1.807, 2.05) is 30.3 Å². The highest BCUT2D eigenvalue weighted by Gasteiger charge is 2.32. The zero-order valence-electron chi connectivity index (χ0n) is 14.6. The lowest BCUT2D eigenvalue weighted by Gasteiger charge is -2.40. The van der Waals surface area contributed by atoms with Crippen molar-refractivity contribution < 1.29 is 19.0 Å². The Balaban J connectivity index is 1.67. The minimum atomic E-state index is -0.194. The number of nitrogens with one attached hydrogen (secondary N) is 1. The third-order valence-corrected chi connectivity index (χ3v) is 4.56. The van der Waals surface area contributed by atoms with Crippen LogP contribution in [-0.2, 0) is 14.3 Å². The number of anilines is 2. The lowest BCUT2D eigenvalue weighted by atomic mass is 10.0. The van der Waals surface area contributed by atoms with E-state index in [9.17, 15) is 4.79 Å². The van der Waals surface area contributed by atoms with Crippen LogP contribution in [0.25, 0.3) is 0 Å². The van der Waals surface area contributed by atoms with E-state index in [-0.39, 0.29) is 24.7 Å². The molecule has 0 saturated carbocycles. The van der Waals surface area contributed by atoms with Crippen LogP contribution in [0.15, 0.2) is 42.5 Å². The van der Waals surface area contributed by atoms with Crippen LogP contribution in [0.4, 0.5) is 11.6 Å². The Morgan fingerprint density at radius 3 is 2.92 bits per heavy atom. The van der Waals surface area contributed by atoms with E-state index in [2.05, 4.69) is 27.3 Å². The molecule has 0 aliphatic carbocycles. The summed E-state index contributed by atoms with van der Waals surface area (Å²) in [5, 5.41) is 2.77. The van der Waals surface area contributed by atoms with Gasteiger partial charge in [0.15, 0.2) is 18.2 Å². The van der Waals surface area contributed by atoms with Crippen molar-refractivity contribution in [3.63, 3.8) is 0 Å². The van der Waals surface area contributed by atoms with Crippen molar-refractivity contribution in [3.05, 3.63) is 48.0 Å². The number of hydrogen-bond donors (Lipinski definition) is 1. The van der Waals surface area contributed by atoms with Crippen LogP contribution in [0.5, 0.6) is 5.75 Å². The van der Waals surface area contributed by atoms with Gasteiger partial charge in [-0.2, -0.15) is 0 Å². The summed E-state index contributed by atoms with van der Waals surface area (Å²) >= 11 is 0. The van der Waals surface area contributed by atoms with Crippen LogP contribution in [0.3, 0.4) is 0 Å². The van der Waals surface area contributed by atoms with Crippen molar-refractivity contribution in [2.45, 2.75) is 12.1 Å². The molecule has 1 saturated heterocycles. The van der Waals surface area contributed by atoms with E-state index in [4.69, 9.17) is 14.2 Å². The summed E-state index contributed by atoms with van der Waals surface area (Å²) in [4.78, 5) is 18.4. The SMILES string of the molecule is COC[C@@H]1CN(c2ccc3c(n2)NC(=O)CO3)[C@H](c2ccccc2)CO1. The molecule has 0 bridgehead atoms. The van der Waals surface area contributed by atoms with Gasteiger partial charge >= 0.3 is 0 Å². The second-order valence-corrected chi connectivity index (χ2v) is 6.34. The van der Waals surface area contributed by atoms with E-state index in [1.54, 1.807) is 7.11 Å². The molecular weight excluding hydrogens is 334 g/mol. The number of carbonyl (C=O) groups excluding carboxylic acids is 1. The molecular formula is C19H21N3O4. The normalized spacial score (nSPS) is 22.3. The summed E-state index contributed by atoms with van der Waals surface area (Å²) in [5.74, 6) is 1.63. The largest absolute Gasteiger partial charge is 0.480 e. The molecule has 1 N–H and O–H groups in total. The first-order valence-electron chi connectivity index (χ1n) is 8.60. The van der Waals surface area contributed by atoms with Crippen LogP contribution < -0.4 is 15.0 Å². The van der Waals surface area contributed by atoms with E-state index in [0.29, 0.717) is 31.3 Å². The molecule has 0 unspecified atom stereocenters. The first-order chi connectivity index (χ1) is 12.7. The highest BCUT2D eigenvalue weighted by atomic mass is 16.5. The van der Waals surface area contributed by atoms with Crippen LogP contribution in [-0.4, -0.2) is 50.5 Å². The Bertz CT molecular complexity index is 784. The van der Waals surface area contributed by atoms with Gasteiger partial charge in [-0.05, 0) is 17.7 Å². The van der Waals surface area contributed by atoms with Crippen molar-refractivity contribution in [3.8, 4) is 5.75 Å². The fraction of sp³-hybridized carbons (Fsp3) is 0.368. The number of aromatic nitrogens is 1. The lowest BCUT2D eigenvalue weighted by molar-refractivity contribution is -0.118. The third-order valence-electron chi connectivity index (χ3n) is 4.56. The third kappa shape index (κ3) is 3.36. The minimum absolute atomic E-state index is 0.0220. The minimum Gasteiger partial charge on any atom is -0.480 e.